The van der Waals surface area contributed by atoms with Crippen LogP contribution in [0.15, 0.2) is 0 Å². The van der Waals surface area contributed by atoms with Crippen LogP contribution in [0.3, 0.4) is 0 Å². The topological polar surface area (TPSA) is 156 Å². The van der Waals surface area contributed by atoms with Crippen molar-refractivity contribution >= 4 is 0 Å². The van der Waals surface area contributed by atoms with Crippen molar-refractivity contribution in [3.8, 4) is 0 Å². The number of halogens is 1. The first kappa shape index (κ1) is 23.1. The molecule has 86 valence electrons. The Balaban J connectivity index is -0.0000000450. The minimum atomic E-state index is 0. The standard InChI is InChI=1S/3C2H8N2.ClH/c3*3-1-2-4;/h3*1-4H2;1H/p-1. The molecule has 6 nitrogen and oxygen atoms in total. The summed E-state index contributed by atoms with van der Waals surface area (Å²) < 4.78 is 0. The van der Waals surface area contributed by atoms with E-state index in [-0.39, 0.29) is 12.4 Å². The monoisotopic (exact) mass is 215 g/mol. The maximum Gasteiger partial charge on any atom is 0.00461 e. The molecule has 0 aromatic rings. The summed E-state index contributed by atoms with van der Waals surface area (Å²) in [5.41, 5.74) is 29.4. The van der Waals surface area contributed by atoms with Gasteiger partial charge in [0.25, 0.3) is 0 Å². The summed E-state index contributed by atoms with van der Waals surface area (Å²) in [7, 11) is 0. The highest BCUT2D eigenvalue weighted by atomic mass is 35.5. The molecule has 0 radical (unpaired) electrons. The van der Waals surface area contributed by atoms with E-state index in [0.717, 1.165) is 0 Å². The third-order valence-electron chi connectivity index (χ3n) is 0.500. The molecule has 0 saturated heterocycles. The van der Waals surface area contributed by atoms with Crippen LogP contribution in [0, 0.1) is 0 Å². The summed E-state index contributed by atoms with van der Waals surface area (Å²) in [6, 6.07) is 0. The molecule has 0 fully saturated rings. The van der Waals surface area contributed by atoms with Crippen molar-refractivity contribution in [2.24, 2.45) is 34.4 Å². The van der Waals surface area contributed by atoms with Gasteiger partial charge in [-0.2, -0.15) is 0 Å². The highest BCUT2D eigenvalue weighted by Crippen LogP contribution is 1.25. The van der Waals surface area contributed by atoms with Crippen LogP contribution in [0.2, 0.25) is 0 Å². The van der Waals surface area contributed by atoms with E-state index in [4.69, 9.17) is 34.4 Å². The molecule has 0 saturated carbocycles. The van der Waals surface area contributed by atoms with Crippen LogP contribution in [-0.2, 0) is 0 Å². The highest BCUT2D eigenvalue weighted by Gasteiger charge is 1.55. The average Bonchev–Trinajstić information content (AvgIpc) is 2.18. The van der Waals surface area contributed by atoms with Crippen molar-refractivity contribution in [1.82, 2.24) is 0 Å². The van der Waals surface area contributed by atoms with Crippen molar-refractivity contribution in [3.63, 3.8) is 0 Å². The largest absolute Gasteiger partial charge is 1.00 e. The Morgan fingerprint density at radius 1 is 0.385 bits per heavy atom. The molecule has 0 aliphatic heterocycles. The van der Waals surface area contributed by atoms with Gasteiger partial charge in [-0.1, -0.05) is 0 Å². The third-order valence-corrected chi connectivity index (χ3v) is 0.500. The molecule has 0 rings (SSSR count). The molecule has 0 aliphatic carbocycles. The summed E-state index contributed by atoms with van der Waals surface area (Å²) in [5, 5.41) is 0. The Morgan fingerprint density at radius 2 is 0.462 bits per heavy atom. The van der Waals surface area contributed by atoms with Crippen LogP contribution in [0.25, 0.3) is 0 Å². The lowest BCUT2D eigenvalue weighted by atomic mass is 10.7. The molecule has 12 N–H and O–H groups in total. The van der Waals surface area contributed by atoms with Crippen LogP contribution < -0.4 is 46.8 Å². The molecule has 13 heavy (non-hydrogen) atoms. The zero-order valence-electron chi connectivity index (χ0n) is 8.08. The first-order valence-electron chi connectivity index (χ1n) is 3.95. The Kier molecular flexibility index (Phi) is 71.5. The van der Waals surface area contributed by atoms with Crippen LogP contribution in [0.5, 0.6) is 0 Å². The smallest absolute Gasteiger partial charge is 0.00461 e. The molecule has 0 unspecified atom stereocenters. The van der Waals surface area contributed by atoms with E-state index in [2.05, 4.69) is 0 Å². The Hall–Kier alpha value is 0.0500. The minimum absolute atomic E-state index is 0. The van der Waals surface area contributed by atoms with E-state index in [1.54, 1.807) is 0 Å². The van der Waals surface area contributed by atoms with Gasteiger partial charge in [-0.05, 0) is 0 Å². The van der Waals surface area contributed by atoms with Gasteiger partial charge >= 0.3 is 0 Å². The highest BCUT2D eigenvalue weighted by molar-refractivity contribution is 4.26. The second kappa shape index (κ2) is 40.2. The van der Waals surface area contributed by atoms with Crippen LogP contribution >= 0.6 is 0 Å². The molecular formula is C6H24ClN6-. The zero-order valence-corrected chi connectivity index (χ0v) is 8.84. The van der Waals surface area contributed by atoms with E-state index in [1.165, 1.54) is 0 Å². The lowest BCUT2D eigenvalue weighted by molar-refractivity contribution is -0.00000321. The van der Waals surface area contributed by atoms with E-state index >= 15 is 0 Å². The fraction of sp³-hybridized carbons (Fsp3) is 1.00. The lowest BCUT2D eigenvalue weighted by Crippen LogP contribution is -3.00. The van der Waals surface area contributed by atoms with Gasteiger partial charge < -0.3 is 46.8 Å². The van der Waals surface area contributed by atoms with Gasteiger partial charge in [-0.3, -0.25) is 0 Å². The van der Waals surface area contributed by atoms with Crippen molar-refractivity contribution < 1.29 is 12.4 Å². The molecular weight excluding hydrogens is 192 g/mol. The van der Waals surface area contributed by atoms with Gasteiger partial charge in [0.1, 0.15) is 0 Å². The molecule has 7 heteroatoms. The third kappa shape index (κ3) is 131. The Labute approximate surface area is 86.8 Å². The second-order valence-electron chi connectivity index (χ2n) is 1.73. The van der Waals surface area contributed by atoms with E-state index in [9.17, 15) is 0 Å². The van der Waals surface area contributed by atoms with Gasteiger partial charge in [0, 0.05) is 39.3 Å². The van der Waals surface area contributed by atoms with E-state index in [1.807, 2.05) is 0 Å². The van der Waals surface area contributed by atoms with Crippen LogP contribution in [0.1, 0.15) is 0 Å². The molecule has 0 amide bonds. The van der Waals surface area contributed by atoms with Gasteiger partial charge in [0.2, 0.25) is 0 Å². The second-order valence-corrected chi connectivity index (χ2v) is 1.73. The summed E-state index contributed by atoms with van der Waals surface area (Å²) in [6.07, 6.45) is 0. The first-order chi connectivity index (χ1) is 5.74. The quantitative estimate of drug-likeness (QED) is 0.275. The Bertz CT molecular complexity index is 32.6. The maximum absolute atomic E-state index is 4.90. The van der Waals surface area contributed by atoms with Crippen molar-refractivity contribution in [3.05, 3.63) is 0 Å². The zero-order chi connectivity index (χ0) is 10.2. The Morgan fingerprint density at radius 3 is 0.462 bits per heavy atom. The molecule has 0 atom stereocenters. The minimum Gasteiger partial charge on any atom is -1.00 e. The summed E-state index contributed by atoms with van der Waals surface area (Å²) >= 11 is 0. The number of hydrogen-bond acceptors (Lipinski definition) is 6. The summed E-state index contributed by atoms with van der Waals surface area (Å²) in [6.45, 7) is 3.58. The van der Waals surface area contributed by atoms with Crippen LogP contribution in [0.4, 0.5) is 0 Å². The van der Waals surface area contributed by atoms with E-state index < -0.39 is 0 Å². The number of hydrogen-bond donors (Lipinski definition) is 6. The number of rotatable bonds is 3. The normalized spacial score (nSPS) is 6.92. The van der Waals surface area contributed by atoms with Crippen molar-refractivity contribution in [2.45, 2.75) is 0 Å². The van der Waals surface area contributed by atoms with Crippen LogP contribution in [-0.4, -0.2) is 39.3 Å². The van der Waals surface area contributed by atoms with Crippen molar-refractivity contribution in [2.75, 3.05) is 39.3 Å². The maximum atomic E-state index is 4.90. The fourth-order valence-corrected chi connectivity index (χ4v) is 0. The van der Waals surface area contributed by atoms with Gasteiger partial charge in [-0.15, -0.1) is 0 Å². The predicted molar refractivity (Wildman–Crippen MR) is 54.3 cm³/mol. The van der Waals surface area contributed by atoms with Crippen molar-refractivity contribution in [1.29, 1.82) is 0 Å². The van der Waals surface area contributed by atoms with E-state index in [0.29, 0.717) is 39.3 Å². The molecule has 0 spiro atoms. The predicted octanol–water partition coefficient (Wildman–Crippen LogP) is -6.28. The number of nitrogens with two attached hydrogens (primary N) is 6. The SMILES string of the molecule is NCCN.NCCN.NCCN.[Cl-]. The lowest BCUT2D eigenvalue weighted by Gasteiger charge is -1.72. The first-order valence-corrected chi connectivity index (χ1v) is 3.95. The van der Waals surface area contributed by atoms with Gasteiger partial charge in [0.15, 0.2) is 0 Å². The molecule has 0 heterocycles. The fourth-order valence-electron chi connectivity index (χ4n) is 0. The summed E-state index contributed by atoms with van der Waals surface area (Å²) in [4.78, 5) is 0. The molecule has 0 aromatic carbocycles. The van der Waals surface area contributed by atoms with Gasteiger partial charge in [0.05, 0.1) is 0 Å². The molecule has 0 aromatic heterocycles. The molecule has 0 bridgehead atoms. The average molecular weight is 216 g/mol. The summed E-state index contributed by atoms with van der Waals surface area (Å²) in [5.74, 6) is 0. The van der Waals surface area contributed by atoms with Gasteiger partial charge in [-0.25, -0.2) is 0 Å². The molecule has 0 aliphatic rings.